The predicted molar refractivity (Wildman–Crippen MR) is 157 cm³/mol. The van der Waals surface area contributed by atoms with E-state index in [0.717, 1.165) is 65.8 Å². The van der Waals surface area contributed by atoms with Gasteiger partial charge < -0.3 is 24.6 Å². The number of imidazole rings is 1. The lowest BCUT2D eigenvalue weighted by atomic mass is 9.80. The Morgan fingerprint density at radius 1 is 1.28 bits per heavy atom. The van der Waals surface area contributed by atoms with Crippen LogP contribution in [0.15, 0.2) is 41.0 Å². The molecule has 1 aromatic carbocycles. The van der Waals surface area contributed by atoms with Crippen LogP contribution in [0.1, 0.15) is 59.2 Å². The number of hydrogen-bond acceptors (Lipinski definition) is 8. The molecule has 2 aliphatic rings. The highest BCUT2D eigenvalue weighted by Gasteiger charge is 2.42. The van der Waals surface area contributed by atoms with Crippen LogP contribution in [0.5, 0.6) is 0 Å². The van der Waals surface area contributed by atoms with Crippen LogP contribution in [-0.2, 0) is 4.74 Å². The minimum absolute atomic E-state index is 0.0452. The van der Waals surface area contributed by atoms with Crippen LogP contribution >= 0.6 is 23.1 Å². The number of carbonyl (C=O) groups excluding carboxylic acids is 1. The van der Waals surface area contributed by atoms with Crippen LogP contribution in [-0.4, -0.2) is 81.2 Å². The summed E-state index contributed by atoms with van der Waals surface area (Å²) in [5, 5.41) is 15.1. The van der Waals surface area contributed by atoms with E-state index in [1.165, 1.54) is 4.88 Å². The van der Waals surface area contributed by atoms with Crippen molar-refractivity contribution in [3.63, 3.8) is 0 Å². The third kappa shape index (κ3) is 6.10. The highest BCUT2D eigenvalue weighted by molar-refractivity contribution is 8.01. The fourth-order valence-corrected chi connectivity index (χ4v) is 8.13. The highest BCUT2D eigenvalue weighted by atomic mass is 32.2. The van der Waals surface area contributed by atoms with Crippen molar-refractivity contribution in [2.75, 3.05) is 39.1 Å². The number of thioether (sulfide) groups is 1. The van der Waals surface area contributed by atoms with Crippen LogP contribution in [0.3, 0.4) is 0 Å². The maximum atomic E-state index is 14.2. The van der Waals surface area contributed by atoms with Gasteiger partial charge in [0, 0.05) is 49.0 Å². The van der Waals surface area contributed by atoms with Crippen LogP contribution in [0.2, 0.25) is 0 Å². The molecule has 39 heavy (non-hydrogen) atoms. The largest absolute Gasteiger partial charge is 0.385 e. The second-order valence-corrected chi connectivity index (χ2v) is 13.2. The van der Waals surface area contributed by atoms with Crippen molar-refractivity contribution in [2.24, 2.45) is 0 Å². The quantitative estimate of drug-likeness (QED) is 0.361. The molecule has 1 saturated carbocycles. The molecule has 0 unspecified atom stereocenters. The molecular formula is C29H39N5O3S2. The number of thiazole rings is 1. The minimum Gasteiger partial charge on any atom is -0.385 e. The van der Waals surface area contributed by atoms with Crippen LogP contribution in [0.4, 0.5) is 0 Å². The molecular weight excluding hydrogens is 530 g/mol. The molecule has 10 heteroatoms. The van der Waals surface area contributed by atoms with Crippen LogP contribution in [0, 0.1) is 13.8 Å². The van der Waals surface area contributed by atoms with Gasteiger partial charge in [-0.25, -0.2) is 9.97 Å². The van der Waals surface area contributed by atoms with E-state index in [4.69, 9.17) is 9.72 Å². The number of amides is 1. The Balaban J connectivity index is 1.42. The molecule has 5 rings (SSSR count). The Hall–Kier alpha value is -2.24. The van der Waals surface area contributed by atoms with E-state index in [1.54, 1.807) is 36.5 Å². The molecule has 1 aliphatic carbocycles. The summed E-state index contributed by atoms with van der Waals surface area (Å²) in [4.78, 5) is 26.8. The average molecular weight is 570 g/mol. The number of aromatic nitrogens is 3. The van der Waals surface area contributed by atoms with Gasteiger partial charge in [0.05, 0.1) is 30.4 Å². The lowest BCUT2D eigenvalue weighted by Gasteiger charge is -2.41. The summed E-state index contributed by atoms with van der Waals surface area (Å²) in [6.45, 7) is 6.58. The van der Waals surface area contributed by atoms with Crippen molar-refractivity contribution in [1.29, 1.82) is 0 Å². The Labute approximate surface area is 239 Å². The van der Waals surface area contributed by atoms with Crippen molar-refractivity contribution >= 4 is 29.0 Å². The Morgan fingerprint density at radius 3 is 2.85 bits per heavy atom. The van der Waals surface area contributed by atoms with Gasteiger partial charge in [0.15, 0.2) is 5.69 Å². The molecule has 2 N–H and O–H groups in total. The maximum absolute atomic E-state index is 14.2. The molecule has 0 spiro atoms. The zero-order chi connectivity index (χ0) is 27.4. The number of nitrogens with one attached hydrogen (secondary N) is 1. The van der Waals surface area contributed by atoms with Crippen LogP contribution < -0.4 is 5.32 Å². The molecule has 0 radical (unpaired) electrons. The van der Waals surface area contributed by atoms with Gasteiger partial charge in [-0.15, -0.1) is 11.3 Å². The second kappa shape index (κ2) is 12.5. The van der Waals surface area contributed by atoms with Crippen molar-refractivity contribution < 1.29 is 14.6 Å². The van der Waals surface area contributed by atoms with Crippen molar-refractivity contribution in [2.45, 2.75) is 68.0 Å². The first-order valence-corrected chi connectivity index (χ1v) is 15.6. The van der Waals surface area contributed by atoms with E-state index >= 15 is 0 Å². The summed E-state index contributed by atoms with van der Waals surface area (Å²) in [6.07, 6.45) is 6.08. The van der Waals surface area contributed by atoms with Crippen molar-refractivity contribution in [3.05, 3.63) is 52.9 Å². The van der Waals surface area contributed by atoms with Gasteiger partial charge in [-0.1, -0.05) is 54.9 Å². The first-order valence-electron chi connectivity index (χ1n) is 13.8. The fraction of sp³-hybridized carbons (Fsp3) is 0.552. The Kier molecular flexibility index (Phi) is 9.08. The number of piperazine rings is 1. The lowest BCUT2D eigenvalue weighted by molar-refractivity contribution is -0.0893. The van der Waals surface area contributed by atoms with E-state index in [-0.39, 0.29) is 24.6 Å². The van der Waals surface area contributed by atoms with Crippen molar-refractivity contribution in [1.82, 2.24) is 24.8 Å². The highest BCUT2D eigenvalue weighted by Crippen LogP contribution is 2.41. The topological polar surface area (TPSA) is 92.5 Å². The van der Waals surface area contributed by atoms with E-state index in [1.807, 2.05) is 46.7 Å². The Bertz CT molecular complexity index is 1240. The number of nitrogens with zero attached hydrogens (tertiary/aromatic N) is 4. The van der Waals surface area contributed by atoms with Gasteiger partial charge in [-0.05, 0) is 33.1 Å². The number of hydrogen-bond donors (Lipinski definition) is 2. The summed E-state index contributed by atoms with van der Waals surface area (Å²) in [7, 11) is 1.63. The summed E-state index contributed by atoms with van der Waals surface area (Å²) in [5.74, 6) is 0.852. The standard InChI is InChI=1S/C29H39N5O3S2/c1-20-21(2)39-28(32-20)38-16-12-23-17-30-14-15-33(23)27(35)25-26(22-9-5-4-6-10-22)34(19-31-25)24-11-7-8-13-29(24,36)18-37-3/h4-6,9-10,19,23-24,30,36H,7-8,11-18H2,1-3H3/t23-,24-,29-/m1/s1. The molecule has 2 fully saturated rings. The van der Waals surface area contributed by atoms with Crippen molar-refractivity contribution in [3.8, 4) is 11.3 Å². The molecule has 1 aliphatic heterocycles. The van der Waals surface area contributed by atoms with Gasteiger partial charge in [0.25, 0.3) is 5.91 Å². The molecule has 3 heterocycles. The third-order valence-electron chi connectivity index (χ3n) is 8.03. The summed E-state index contributed by atoms with van der Waals surface area (Å²) >= 11 is 3.51. The first kappa shape index (κ1) is 28.3. The molecule has 210 valence electrons. The minimum atomic E-state index is -1.00. The SMILES string of the molecule is COC[C@]1(O)CCCC[C@H]1n1cnc(C(=O)N2CCNC[C@H]2CCSc2nc(C)c(C)s2)c1-c1ccccc1. The van der Waals surface area contributed by atoms with Gasteiger partial charge in [0.1, 0.15) is 9.94 Å². The average Bonchev–Trinajstić information content (AvgIpc) is 3.52. The van der Waals surface area contributed by atoms with Gasteiger partial charge in [-0.2, -0.15) is 0 Å². The summed E-state index contributed by atoms with van der Waals surface area (Å²) in [5.41, 5.74) is 2.26. The zero-order valence-electron chi connectivity index (χ0n) is 23.1. The molecule has 3 atom stereocenters. The lowest BCUT2D eigenvalue weighted by Crippen LogP contribution is -2.54. The van der Waals surface area contributed by atoms with Crippen LogP contribution in [0.25, 0.3) is 11.3 Å². The predicted octanol–water partition coefficient (Wildman–Crippen LogP) is 4.71. The number of ether oxygens (including phenoxy) is 1. The summed E-state index contributed by atoms with van der Waals surface area (Å²) < 4.78 is 8.58. The summed E-state index contributed by atoms with van der Waals surface area (Å²) in [6, 6.07) is 9.85. The second-order valence-electron chi connectivity index (χ2n) is 10.6. The molecule has 2 aromatic heterocycles. The van der Waals surface area contributed by atoms with Gasteiger partial charge in [-0.3, -0.25) is 4.79 Å². The van der Waals surface area contributed by atoms with Gasteiger partial charge >= 0.3 is 0 Å². The first-order chi connectivity index (χ1) is 18.9. The van der Waals surface area contributed by atoms with E-state index in [0.29, 0.717) is 18.7 Å². The fourth-order valence-electron chi connectivity index (χ4n) is 5.87. The number of methoxy groups -OCH3 is 1. The van der Waals surface area contributed by atoms with E-state index < -0.39 is 5.60 Å². The normalized spacial score (nSPS) is 23.7. The number of carbonyl (C=O) groups is 1. The molecule has 0 bridgehead atoms. The monoisotopic (exact) mass is 569 g/mol. The number of aliphatic hydroxyl groups is 1. The molecule has 1 saturated heterocycles. The third-order valence-corrected chi connectivity index (χ3v) is 10.3. The number of rotatable bonds is 9. The molecule has 8 nitrogen and oxygen atoms in total. The smallest absolute Gasteiger partial charge is 0.275 e. The number of benzene rings is 1. The molecule has 1 amide bonds. The molecule has 3 aromatic rings. The van der Waals surface area contributed by atoms with Gasteiger partial charge in [0.2, 0.25) is 0 Å². The van der Waals surface area contributed by atoms with E-state index in [2.05, 4.69) is 17.2 Å². The maximum Gasteiger partial charge on any atom is 0.275 e. The Morgan fingerprint density at radius 2 is 2.10 bits per heavy atom. The number of aryl methyl sites for hydroxylation is 2. The van der Waals surface area contributed by atoms with E-state index in [9.17, 15) is 9.90 Å². The zero-order valence-corrected chi connectivity index (χ0v) is 24.7.